The van der Waals surface area contributed by atoms with Crippen molar-refractivity contribution in [1.29, 1.82) is 10.5 Å². The molecule has 1 aliphatic carbocycles. The van der Waals surface area contributed by atoms with Crippen LogP contribution in [-0.2, 0) is 6.42 Å². The van der Waals surface area contributed by atoms with E-state index in [0.717, 1.165) is 58.0 Å². The number of nitrogens with zero attached hydrogens (tertiary/aromatic N) is 4. The highest BCUT2D eigenvalue weighted by Gasteiger charge is 2.54. The molecular formula is C70H60N4Si2. The lowest BCUT2D eigenvalue weighted by molar-refractivity contribution is 0.759. The van der Waals surface area contributed by atoms with E-state index in [1.165, 1.54) is 54.1 Å². The lowest BCUT2D eigenvalue weighted by Gasteiger charge is -2.37. The van der Waals surface area contributed by atoms with Crippen LogP contribution in [0, 0.1) is 22.7 Å². The Morgan fingerprint density at radius 2 is 1.33 bits per heavy atom. The smallest absolute Gasteiger partial charge is 0.156 e. The zero-order valence-corrected chi connectivity index (χ0v) is 45.7. The van der Waals surface area contributed by atoms with Gasteiger partial charge in [0.15, 0.2) is 8.07 Å². The molecule has 76 heavy (non-hydrogen) atoms. The number of nitriles is 2. The third-order valence-corrected chi connectivity index (χ3v) is 28.0. The third kappa shape index (κ3) is 7.12. The van der Waals surface area contributed by atoms with Crippen molar-refractivity contribution in [2.45, 2.75) is 64.0 Å². The predicted octanol–water partition coefficient (Wildman–Crippen LogP) is 15.0. The molecule has 4 heterocycles. The number of para-hydroxylation sites is 2. The summed E-state index contributed by atoms with van der Waals surface area (Å²) in [5.41, 5.74) is 15.2. The van der Waals surface area contributed by atoms with Crippen molar-refractivity contribution in [1.82, 2.24) is 9.13 Å². The molecule has 0 saturated carbocycles. The lowest BCUT2D eigenvalue weighted by Crippen LogP contribution is -2.66. The van der Waals surface area contributed by atoms with Crippen LogP contribution >= 0.6 is 0 Å². The van der Waals surface area contributed by atoms with Gasteiger partial charge in [0.2, 0.25) is 0 Å². The second-order valence-corrected chi connectivity index (χ2v) is 28.9. The van der Waals surface area contributed by atoms with Crippen molar-refractivity contribution in [3.05, 3.63) is 258 Å². The molecule has 9 aromatic rings. The van der Waals surface area contributed by atoms with E-state index in [0.29, 0.717) is 16.7 Å². The number of allylic oxidation sites excluding steroid dienone is 11. The van der Waals surface area contributed by atoms with Gasteiger partial charge in [0.25, 0.3) is 0 Å². The molecule has 0 fully saturated rings. The van der Waals surface area contributed by atoms with Crippen molar-refractivity contribution in [2.75, 3.05) is 0 Å². The number of rotatable bonds is 13. The Morgan fingerprint density at radius 3 is 2.07 bits per heavy atom. The summed E-state index contributed by atoms with van der Waals surface area (Å²) in [5, 5.41) is 33.2. The first-order chi connectivity index (χ1) is 37.4. The molecule has 7 aromatic carbocycles. The van der Waals surface area contributed by atoms with Crippen LogP contribution in [0.1, 0.15) is 74.4 Å². The summed E-state index contributed by atoms with van der Waals surface area (Å²) in [4.78, 5) is 0. The van der Waals surface area contributed by atoms with Crippen molar-refractivity contribution >= 4 is 75.7 Å². The summed E-state index contributed by atoms with van der Waals surface area (Å²) in [5.74, 6) is 0.171. The standard InChI is InChI=1S/C70H60N4Si2/c1-6-10-13-26-39-75(51(9-4)28-12-8-3)67-37-24-20-33-55(67)59-41-65-57(43-69(59)75)53-31-18-22-35-61(53)73(65)63-45-64(50(47-72)40-49(63)46-71)74-62-36-23-19-32-54(62)58-44-70-60(42-66(58)74)56-34-21-25-38-68(56)76(70,48(5)27-15-11-7-2)52-29-16-14-17-30-52/h6-8,10-27,29-40,42-45,48,51,59H,1,9,28,41H2,2-5H3/b11-7-,12-8-,13-10-,27-15-,39-26+. The quantitative estimate of drug-likeness (QED) is 0.0656. The van der Waals surface area contributed by atoms with Crippen molar-refractivity contribution < 1.29 is 0 Å². The van der Waals surface area contributed by atoms with Gasteiger partial charge in [-0.05, 0) is 106 Å². The minimum absolute atomic E-state index is 0.171. The first kappa shape index (κ1) is 48.4. The minimum atomic E-state index is -2.70. The molecule has 0 radical (unpaired) electrons. The Morgan fingerprint density at radius 1 is 0.645 bits per heavy atom. The van der Waals surface area contributed by atoms with E-state index in [9.17, 15) is 10.5 Å². The van der Waals surface area contributed by atoms with Gasteiger partial charge in [0.05, 0.1) is 39.1 Å². The van der Waals surface area contributed by atoms with Gasteiger partial charge in [-0.15, -0.1) is 0 Å². The van der Waals surface area contributed by atoms with E-state index >= 15 is 0 Å². The fourth-order valence-corrected chi connectivity index (χ4v) is 25.3. The number of fused-ring (bicyclic) bond motifs is 12. The van der Waals surface area contributed by atoms with E-state index in [2.05, 4.69) is 262 Å². The van der Waals surface area contributed by atoms with Crippen molar-refractivity contribution in [3.63, 3.8) is 0 Å². The van der Waals surface area contributed by atoms with Gasteiger partial charge in [0.1, 0.15) is 20.2 Å². The number of aromatic nitrogens is 2. The van der Waals surface area contributed by atoms with Crippen LogP contribution in [0.4, 0.5) is 0 Å². The Labute approximate surface area is 449 Å². The van der Waals surface area contributed by atoms with Crippen LogP contribution in [0.2, 0.25) is 11.1 Å². The normalized spacial score (nSPS) is 19.3. The monoisotopic (exact) mass is 1010 g/mol. The summed E-state index contributed by atoms with van der Waals surface area (Å²) < 4.78 is 4.68. The zero-order valence-electron chi connectivity index (χ0n) is 43.7. The Balaban J connectivity index is 1.12. The summed E-state index contributed by atoms with van der Waals surface area (Å²) >= 11 is 0. The van der Waals surface area contributed by atoms with Crippen LogP contribution in [-0.4, -0.2) is 25.3 Å². The van der Waals surface area contributed by atoms with Crippen LogP contribution in [0.5, 0.6) is 0 Å². The first-order valence-electron chi connectivity index (χ1n) is 26.9. The van der Waals surface area contributed by atoms with E-state index in [-0.39, 0.29) is 11.5 Å². The van der Waals surface area contributed by atoms with E-state index < -0.39 is 16.1 Å². The number of hydrogen-bond acceptors (Lipinski definition) is 2. The van der Waals surface area contributed by atoms with E-state index in [1.807, 2.05) is 18.2 Å². The van der Waals surface area contributed by atoms with Crippen LogP contribution < -0.4 is 20.7 Å². The first-order valence-corrected chi connectivity index (χ1v) is 31.2. The molecule has 5 atom stereocenters. The average molecular weight is 1010 g/mol. The maximum absolute atomic E-state index is 11.2. The average Bonchev–Trinajstić information content (AvgIpc) is 4.35. The summed E-state index contributed by atoms with van der Waals surface area (Å²) in [6.07, 6.45) is 27.2. The largest absolute Gasteiger partial charge is 0.312 e. The number of benzene rings is 7. The summed E-state index contributed by atoms with van der Waals surface area (Å²) in [6, 6.07) is 61.0. The van der Waals surface area contributed by atoms with Gasteiger partial charge in [-0.1, -0.05) is 226 Å². The third-order valence-electron chi connectivity index (χ3n) is 17.2. The highest BCUT2D eigenvalue weighted by Crippen LogP contribution is 2.53. The minimum Gasteiger partial charge on any atom is -0.312 e. The molecule has 2 aliphatic heterocycles. The molecule has 0 saturated heterocycles. The molecule has 5 unspecified atom stereocenters. The molecule has 6 heteroatoms. The Hall–Kier alpha value is -8.53. The highest BCUT2D eigenvalue weighted by atomic mass is 28.3. The van der Waals surface area contributed by atoms with Gasteiger partial charge < -0.3 is 9.13 Å². The lowest BCUT2D eigenvalue weighted by atomic mass is 9.87. The summed E-state index contributed by atoms with van der Waals surface area (Å²) in [6.45, 7) is 13.0. The van der Waals surface area contributed by atoms with Crippen LogP contribution in [0.15, 0.2) is 230 Å². The zero-order chi connectivity index (χ0) is 52.1. The molecule has 2 aromatic heterocycles. The van der Waals surface area contributed by atoms with Crippen LogP contribution in [0.3, 0.4) is 0 Å². The number of hydrogen-bond donors (Lipinski definition) is 0. The molecule has 368 valence electrons. The molecule has 0 spiro atoms. The Bertz CT molecular complexity index is 4100. The molecule has 0 N–H and O–H groups in total. The maximum atomic E-state index is 11.2. The molecule has 0 amide bonds. The highest BCUT2D eigenvalue weighted by molar-refractivity contribution is 7.15. The van der Waals surface area contributed by atoms with Gasteiger partial charge in [0, 0.05) is 33.3 Å². The molecule has 4 nitrogen and oxygen atoms in total. The maximum Gasteiger partial charge on any atom is 0.156 e. The summed E-state index contributed by atoms with van der Waals surface area (Å²) in [7, 11) is -5.22. The van der Waals surface area contributed by atoms with Crippen molar-refractivity contribution in [3.8, 4) is 34.6 Å². The van der Waals surface area contributed by atoms with Gasteiger partial charge in [-0.2, -0.15) is 10.5 Å². The fourth-order valence-electron chi connectivity index (χ4n) is 14.0. The van der Waals surface area contributed by atoms with Crippen LogP contribution in [0.25, 0.3) is 61.3 Å². The van der Waals surface area contributed by atoms with E-state index in [4.69, 9.17) is 0 Å². The second kappa shape index (κ2) is 19.6. The van der Waals surface area contributed by atoms with E-state index in [1.54, 1.807) is 5.20 Å². The molecule has 3 aliphatic rings. The second-order valence-electron chi connectivity index (χ2n) is 20.7. The van der Waals surface area contributed by atoms with Gasteiger partial charge >= 0.3 is 0 Å². The van der Waals surface area contributed by atoms with Gasteiger partial charge in [-0.25, -0.2) is 0 Å². The Kier molecular flexibility index (Phi) is 12.5. The topological polar surface area (TPSA) is 57.4 Å². The molecule has 12 rings (SSSR count). The van der Waals surface area contributed by atoms with Gasteiger partial charge in [-0.3, -0.25) is 0 Å². The molecular weight excluding hydrogens is 953 g/mol. The molecule has 0 bridgehead atoms. The fraction of sp³-hybridized carbons (Fsp3) is 0.143. The predicted molar refractivity (Wildman–Crippen MR) is 325 cm³/mol. The SMILES string of the molecule is C=C/C=C\C=C\[Si]1(C(CC)C/C=C\C)C2=Cc3c(n(-c4cc(-n5c6ccccc6c6cc7c(cc65)-c5ccccc5[Si]7(c5ccccc5)C(C)/C=C\C=C/C)c(C#N)cc4C#N)c4ccccc34)CC2c2ccccc21. The van der Waals surface area contributed by atoms with Crippen molar-refractivity contribution in [2.24, 2.45) is 0 Å².